The second-order valence-corrected chi connectivity index (χ2v) is 7.45. The van der Waals surface area contributed by atoms with Crippen LogP contribution in [0.2, 0.25) is 0 Å². The lowest BCUT2D eigenvalue weighted by Gasteiger charge is -2.08. The Balaban J connectivity index is 1.79. The van der Waals surface area contributed by atoms with Gasteiger partial charge in [-0.25, -0.2) is 9.67 Å². The lowest BCUT2D eigenvalue weighted by Crippen LogP contribution is -2.27. The Bertz CT molecular complexity index is 1260. The molecule has 6 nitrogen and oxygen atoms in total. The normalized spacial score (nSPS) is 11.2. The predicted octanol–water partition coefficient (Wildman–Crippen LogP) is 3.90. The minimum Gasteiger partial charge on any atom is -0.296 e. The van der Waals surface area contributed by atoms with Gasteiger partial charge in [-0.1, -0.05) is 35.6 Å². The van der Waals surface area contributed by atoms with E-state index in [1.54, 1.807) is 24.3 Å². The number of hydrogen-bond acceptors (Lipinski definition) is 5. The standard InChI is InChI=1S/C20H18N4O2S/c1-4-24-19(26)14-8-6-5-7-13(14)17(23-24)18(25)22-20-21-16-12(3)9-11(2)10-15(16)27-20/h5-10H,4H2,1-3H3,(H,21,22,25). The molecule has 4 aromatic rings. The number of thiazole rings is 1. The van der Waals surface area contributed by atoms with Crippen LogP contribution in [-0.4, -0.2) is 20.7 Å². The Kier molecular flexibility index (Phi) is 4.24. The number of carbonyl (C=O) groups excluding carboxylic acids is 1. The van der Waals surface area contributed by atoms with Gasteiger partial charge in [0.25, 0.3) is 11.5 Å². The van der Waals surface area contributed by atoms with E-state index < -0.39 is 0 Å². The van der Waals surface area contributed by atoms with E-state index >= 15 is 0 Å². The summed E-state index contributed by atoms with van der Waals surface area (Å²) in [5.41, 5.74) is 3.14. The molecule has 2 aromatic heterocycles. The molecule has 0 aliphatic heterocycles. The van der Waals surface area contributed by atoms with Gasteiger partial charge >= 0.3 is 0 Å². The molecule has 0 bridgehead atoms. The van der Waals surface area contributed by atoms with Gasteiger partial charge in [-0.15, -0.1) is 0 Å². The van der Waals surface area contributed by atoms with Gasteiger partial charge in [0.1, 0.15) is 0 Å². The number of rotatable bonds is 3. The van der Waals surface area contributed by atoms with Crippen LogP contribution >= 0.6 is 11.3 Å². The fourth-order valence-corrected chi connectivity index (χ4v) is 4.23. The van der Waals surface area contributed by atoms with Gasteiger partial charge < -0.3 is 0 Å². The average molecular weight is 378 g/mol. The number of carbonyl (C=O) groups is 1. The van der Waals surface area contributed by atoms with Crippen molar-refractivity contribution in [3.8, 4) is 0 Å². The molecule has 0 unspecified atom stereocenters. The van der Waals surface area contributed by atoms with Crippen molar-refractivity contribution >= 4 is 43.4 Å². The highest BCUT2D eigenvalue weighted by atomic mass is 32.1. The SMILES string of the molecule is CCn1nc(C(=O)Nc2nc3c(C)cc(C)cc3s2)c2ccccc2c1=O. The summed E-state index contributed by atoms with van der Waals surface area (Å²) in [5.74, 6) is -0.373. The van der Waals surface area contributed by atoms with Crippen molar-refractivity contribution in [2.45, 2.75) is 27.3 Å². The molecule has 0 saturated carbocycles. The Morgan fingerprint density at radius 2 is 1.93 bits per heavy atom. The van der Waals surface area contributed by atoms with Crippen LogP contribution in [-0.2, 0) is 6.54 Å². The Labute approximate surface area is 159 Å². The predicted molar refractivity (Wildman–Crippen MR) is 109 cm³/mol. The Hall–Kier alpha value is -3.06. The summed E-state index contributed by atoms with van der Waals surface area (Å²) in [4.78, 5) is 29.9. The van der Waals surface area contributed by atoms with Crippen LogP contribution in [0.1, 0.15) is 28.5 Å². The molecule has 27 heavy (non-hydrogen) atoms. The van der Waals surface area contributed by atoms with Crippen LogP contribution in [0.15, 0.2) is 41.2 Å². The molecule has 1 N–H and O–H groups in total. The minimum atomic E-state index is -0.373. The zero-order valence-electron chi connectivity index (χ0n) is 15.2. The highest BCUT2D eigenvalue weighted by molar-refractivity contribution is 7.22. The number of anilines is 1. The van der Waals surface area contributed by atoms with Crippen molar-refractivity contribution in [2.24, 2.45) is 0 Å². The number of hydrogen-bond donors (Lipinski definition) is 1. The molecule has 0 radical (unpaired) electrons. The average Bonchev–Trinajstić information content (AvgIpc) is 3.04. The van der Waals surface area contributed by atoms with E-state index in [4.69, 9.17) is 0 Å². The molecule has 2 aromatic carbocycles. The van der Waals surface area contributed by atoms with Crippen LogP contribution in [0.25, 0.3) is 21.0 Å². The molecule has 0 atom stereocenters. The van der Waals surface area contributed by atoms with Gasteiger partial charge in [0.2, 0.25) is 0 Å². The maximum Gasteiger partial charge on any atom is 0.278 e. The van der Waals surface area contributed by atoms with Gasteiger partial charge in [-0.05, 0) is 44.0 Å². The molecule has 1 amide bonds. The summed E-state index contributed by atoms with van der Waals surface area (Å²) >= 11 is 1.43. The third kappa shape index (κ3) is 3.00. The van der Waals surface area contributed by atoms with E-state index in [1.807, 2.05) is 20.8 Å². The summed E-state index contributed by atoms with van der Waals surface area (Å²) in [6.07, 6.45) is 0. The monoisotopic (exact) mass is 378 g/mol. The molecule has 2 heterocycles. The largest absolute Gasteiger partial charge is 0.296 e. The summed E-state index contributed by atoms with van der Waals surface area (Å²) in [5, 5.41) is 8.66. The number of benzene rings is 2. The first-order chi connectivity index (χ1) is 13.0. The summed E-state index contributed by atoms with van der Waals surface area (Å²) in [6, 6.07) is 11.2. The molecule has 0 saturated heterocycles. The zero-order valence-corrected chi connectivity index (χ0v) is 16.1. The van der Waals surface area contributed by atoms with E-state index in [0.29, 0.717) is 22.4 Å². The van der Waals surface area contributed by atoms with Crippen molar-refractivity contribution in [3.05, 3.63) is 63.6 Å². The molecule has 0 aliphatic carbocycles. The number of nitrogens with one attached hydrogen (secondary N) is 1. The molecule has 0 spiro atoms. The second-order valence-electron chi connectivity index (χ2n) is 6.42. The molecule has 7 heteroatoms. The van der Waals surface area contributed by atoms with Crippen molar-refractivity contribution in [1.29, 1.82) is 0 Å². The Morgan fingerprint density at radius 3 is 2.67 bits per heavy atom. The number of aromatic nitrogens is 3. The molecular weight excluding hydrogens is 360 g/mol. The first-order valence-corrected chi connectivity index (χ1v) is 9.48. The lowest BCUT2D eigenvalue weighted by molar-refractivity contribution is 0.102. The van der Waals surface area contributed by atoms with E-state index in [-0.39, 0.29) is 17.2 Å². The van der Waals surface area contributed by atoms with Crippen LogP contribution in [0.5, 0.6) is 0 Å². The maximum absolute atomic E-state index is 12.9. The third-order valence-corrected chi connectivity index (χ3v) is 5.35. The fourth-order valence-electron chi connectivity index (χ4n) is 3.20. The van der Waals surface area contributed by atoms with Crippen molar-refractivity contribution in [3.63, 3.8) is 0 Å². The van der Waals surface area contributed by atoms with Crippen molar-refractivity contribution in [2.75, 3.05) is 5.32 Å². The van der Waals surface area contributed by atoms with Crippen LogP contribution < -0.4 is 10.9 Å². The number of fused-ring (bicyclic) bond motifs is 2. The summed E-state index contributed by atoms with van der Waals surface area (Å²) in [7, 11) is 0. The van der Waals surface area contributed by atoms with Gasteiger partial charge in [0, 0.05) is 11.9 Å². The van der Waals surface area contributed by atoms with Gasteiger partial charge in [0.05, 0.1) is 15.6 Å². The summed E-state index contributed by atoms with van der Waals surface area (Å²) in [6.45, 7) is 6.26. The van der Waals surface area contributed by atoms with E-state index in [9.17, 15) is 9.59 Å². The Morgan fingerprint density at radius 1 is 1.19 bits per heavy atom. The zero-order chi connectivity index (χ0) is 19.1. The lowest BCUT2D eigenvalue weighted by atomic mass is 10.1. The maximum atomic E-state index is 12.9. The van der Waals surface area contributed by atoms with Gasteiger partial charge in [-0.3, -0.25) is 14.9 Å². The van der Waals surface area contributed by atoms with Crippen molar-refractivity contribution < 1.29 is 4.79 Å². The quantitative estimate of drug-likeness (QED) is 0.587. The summed E-state index contributed by atoms with van der Waals surface area (Å²) < 4.78 is 2.34. The molecule has 4 rings (SSSR count). The topological polar surface area (TPSA) is 76.9 Å². The van der Waals surface area contributed by atoms with Crippen LogP contribution in [0.4, 0.5) is 5.13 Å². The van der Waals surface area contributed by atoms with Crippen LogP contribution in [0.3, 0.4) is 0 Å². The minimum absolute atomic E-state index is 0.198. The van der Waals surface area contributed by atoms with Gasteiger partial charge in [-0.2, -0.15) is 5.10 Å². The van der Waals surface area contributed by atoms with E-state index in [2.05, 4.69) is 27.5 Å². The first-order valence-electron chi connectivity index (χ1n) is 8.67. The fraction of sp³-hybridized carbons (Fsp3) is 0.200. The smallest absolute Gasteiger partial charge is 0.278 e. The number of amides is 1. The highest BCUT2D eigenvalue weighted by Crippen LogP contribution is 2.29. The number of nitrogens with zero attached hydrogens (tertiary/aromatic N) is 3. The van der Waals surface area contributed by atoms with E-state index in [1.165, 1.54) is 16.0 Å². The third-order valence-electron chi connectivity index (χ3n) is 4.43. The highest BCUT2D eigenvalue weighted by Gasteiger charge is 2.18. The van der Waals surface area contributed by atoms with Crippen molar-refractivity contribution in [1.82, 2.24) is 14.8 Å². The molecular formula is C20H18N4O2S. The molecule has 136 valence electrons. The second kappa shape index (κ2) is 6.59. The number of aryl methyl sites for hydroxylation is 3. The van der Waals surface area contributed by atoms with Crippen LogP contribution in [0, 0.1) is 13.8 Å². The van der Waals surface area contributed by atoms with Gasteiger partial charge in [0.15, 0.2) is 10.8 Å². The first kappa shape index (κ1) is 17.4. The van der Waals surface area contributed by atoms with E-state index in [0.717, 1.165) is 21.3 Å². The molecule has 0 aliphatic rings. The molecule has 0 fully saturated rings.